The number of hydrogen-bond donors (Lipinski definition) is 0. The summed E-state index contributed by atoms with van der Waals surface area (Å²) in [5.74, 6) is 1.81. The van der Waals surface area contributed by atoms with Crippen molar-refractivity contribution in [2.24, 2.45) is 0 Å². The molecule has 0 aliphatic heterocycles. The predicted molar refractivity (Wildman–Crippen MR) is 84.0 cm³/mol. The Morgan fingerprint density at radius 1 is 0.810 bits per heavy atom. The SMILES string of the molecule is CCCCCCn1c(-c2ccco2)ccc1-c1ccco1. The normalized spacial score (nSPS) is 11.1. The molecular formula is C18H21NO2. The predicted octanol–water partition coefficient (Wildman–Crippen LogP) is 5.59. The highest BCUT2D eigenvalue weighted by atomic mass is 16.3. The molecule has 0 aromatic carbocycles. The van der Waals surface area contributed by atoms with Crippen LogP contribution in [0.3, 0.4) is 0 Å². The van der Waals surface area contributed by atoms with E-state index in [1.54, 1.807) is 12.5 Å². The van der Waals surface area contributed by atoms with Gasteiger partial charge in [-0.15, -0.1) is 0 Å². The maximum Gasteiger partial charge on any atom is 0.150 e. The molecule has 0 saturated carbocycles. The Morgan fingerprint density at radius 2 is 1.43 bits per heavy atom. The van der Waals surface area contributed by atoms with Gasteiger partial charge in [0.25, 0.3) is 0 Å². The number of aromatic nitrogens is 1. The van der Waals surface area contributed by atoms with E-state index in [0.717, 1.165) is 29.5 Å². The highest BCUT2D eigenvalue weighted by molar-refractivity contribution is 5.64. The van der Waals surface area contributed by atoms with E-state index in [0.29, 0.717) is 0 Å². The summed E-state index contributed by atoms with van der Waals surface area (Å²) < 4.78 is 13.4. The molecule has 3 aromatic rings. The quantitative estimate of drug-likeness (QED) is 0.529. The van der Waals surface area contributed by atoms with E-state index in [9.17, 15) is 0 Å². The first-order chi connectivity index (χ1) is 10.4. The molecule has 0 bridgehead atoms. The van der Waals surface area contributed by atoms with Gasteiger partial charge in [0.1, 0.15) is 11.5 Å². The zero-order chi connectivity index (χ0) is 14.5. The van der Waals surface area contributed by atoms with E-state index in [4.69, 9.17) is 8.83 Å². The topological polar surface area (TPSA) is 31.2 Å². The Labute approximate surface area is 125 Å². The maximum absolute atomic E-state index is 5.57. The van der Waals surface area contributed by atoms with Gasteiger partial charge in [0.2, 0.25) is 0 Å². The van der Waals surface area contributed by atoms with E-state index in [1.807, 2.05) is 24.3 Å². The summed E-state index contributed by atoms with van der Waals surface area (Å²) in [7, 11) is 0. The number of nitrogens with zero attached hydrogens (tertiary/aromatic N) is 1. The first kappa shape index (κ1) is 13.8. The lowest BCUT2D eigenvalue weighted by Gasteiger charge is -2.11. The van der Waals surface area contributed by atoms with Gasteiger partial charge < -0.3 is 13.4 Å². The molecule has 0 aliphatic carbocycles. The summed E-state index contributed by atoms with van der Waals surface area (Å²) in [6.07, 6.45) is 8.40. The third-order valence-electron chi connectivity index (χ3n) is 3.76. The van der Waals surface area contributed by atoms with Crippen LogP contribution in [0.15, 0.2) is 57.8 Å². The van der Waals surface area contributed by atoms with Crippen LogP contribution in [0.4, 0.5) is 0 Å². The molecule has 110 valence electrons. The summed E-state index contributed by atoms with van der Waals surface area (Å²) in [6, 6.07) is 12.1. The fourth-order valence-electron chi connectivity index (χ4n) is 2.68. The molecule has 0 saturated heterocycles. The molecule has 0 N–H and O–H groups in total. The van der Waals surface area contributed by atoms with Crippen LogP contribution in [0.25, 0.3) is 22.9 Å². The van der Waals surface area contributed by atoms with E-state index >= 15 is 0 Å². The van der Waals surface area contributed by atoms with Crippen molar-refractivity contribution in [1.29, 1.82) is 0 Å². The Kier molecular flexibility index (Phi) is 4.29. The molecule has 3 aromatic heterocycles. The van der Waals surface area contributed by atoms with Gasteiger partial charge in [-0.2, -0.15) is 0 Å². The number of hydrogen-bond acceptors (Lipinski definition) is 2. The first-order valence-corrected chi connectivity index (χ1v) is 7.67. The molecule has 3 nitrogen and oxygen atoms in total. The molecule has 0 atom stereocenters. The van der Waals surface area contributed by atoms with Crippen LogP contribution in [-0.2, 0) is 6.54 Å². The lowest BCUT2D eigenvalue weighted by atomic mass is 10.2. The van der Waals surface area contributed by atoms with Crippen LogP contribution >= 0.6 is 0 Å². The Balaban J connectivity index is 1.90. The zero-order valence-corrected chi connectivity index (χ0v) is 12.4. The first-order valence-electron chi connectivity index (χ1n) is 7.67. The summed E-state index contributed by atoms with van der Waals surface area (Å²) >= 11 is 0. The summed E-state index contributed by atoms with van der Waals surface area (Å²) in [5, 5.41) is 0. The van der Waals surface area contributed by atoms with E-state index in [1.165, 1.54) is 25.7 Å². The second-order valence-corrected chi connectivity index (χ2v) is 5.27. The van der Waals surface area contributed by atoms with E-state index in [2.05, 4.69) is 23.6 Å². The second-order valence-electron chi connectivity index (χ2n) is 5.27. The molecule has 3 rings (SSSR count). The average Bonchev–Trinajstić information content (AvgIpc) is 3.22. The zero-order valence-electron chi connectivity index (χ0n) is 12.4. The van der Waals surface area contributed by atoms with Gasteiger partial charge in [-0.05, 0) is 42.8 Å². The minimum absolute atomic E-state index is 0.906. The summed E-state index contributed by atoms with van der Waals surface area (Å²) in [4.78, 5) is 0. The molecule has 3 heteroatoms. The van der Waals surface area contributed by atoms with Crippen molar-refractivity contribution in [2.75, 3.05) is 0 Å². The minimum Gasteiger partial charge on any atom is -0.463 e. The second kappa shape index (κ2) is 6.53. The fraction of sp³-hybridized carbons (Fsp3) is 0.333. The van der Waals surface area contributed by atoms with Gasteiger partial charge in [-0.1, -0.05) is 26.2 Å². The standard InChI is InChI=1S/C18H21NO2/c1-2-3-4-5-12-19-15(17-8-6-13-20-17)10-11-16(19)18-9-7-14-21-18/h6-11,13-14H,2-5,12H2,1H3. The lowest BCUT2D eigenvalue weighted by Crippen LogP contribution is -2.02. The third kappa shape index (κ3) is 2.97. The lowest BCUT2D eigenvalue weighted by molar-refractivity contribution is 0.546. The molecule has 0 amide bonds. The molecular weight excluding hydrogens is 262 g/mol. The van der Waals surface area contributed by atoms with Gasteiger partial charge >= 0.3 is 0 Å². The fourth-order valence-corrected chi connectivity index (χ4v) is 2.68. The van der Waals surface area contributed by atoms with Crippen molar-refractivity contribution in [3.63, 3.8) is 0 Å². The summed E-state index contributed by atoms with van der Waals surface area (Å²) in [6.45, 7) is 3.22. The number of furan rings is 2. The Morgan fingerprint density at radius 3 is 1.90 bits per heavy atom. The Hall–Kier alpha value is -2.16. The van der Waals surface area contributed by atoms with Crippen molar-refractivity contribution >= 4 is 0 Å². The number of rotatable bonds is 7. The number of unbranched alkanes of at least 4 members (excludes halogenated alkanes) is 3. The van der Waals surface area contributed by atoms with Crippen LogP contribution in [-0.4, -0.2) is 4.57 Å². The van der Waals surface area contributed by atoms with Gasteiger partial charge in [0, 0.05) is 6.54 Å². The van der Waals surface area contributed by atoms with Gasteiger partial charge in [0.05, 0.1) is 23.9 Å². The van der Waals surface area contributed by atoms with Crippen LogP contribution < -0.4 is 0 Å². The van der Waals surface area contributed by atoms with Crippen LogP contribution in [0, 0.1) is 0 Å². The molecule has 0 radical (unpaired) electrons. The summed E-state index contributed by atoms with van der Waals surface area (Å²) in [5.41, 5.74) is 2.23. The Bertz CT molecular complexity index is 596. The van der Waals surface area contributed by atoms with Gasteiger partial charge in [-0.3, -0.25) is 0 Å². The largest absolute Gasteiger partial charge is 0.463 e. The van der Waals surface area contributed by atoms with E-state index in [-0.39, 0.29) is 0 Å². The van der Waals surface area contributed by atoms with Gasteiger partial charge in [0.15, 0.2) is 0 Å². The molecule has 0 unspecified atom stereocenters. The van der Waals surface area contributed by atoms with Crippen molar-refractivity contribution in [2.45, 2.75) is 39.2 Å². The third-order valence-corrected chi connectivity index (χ3v) is 3.76. The minimum atomic E-state index is 0.906. The van der Waals surface area contributed by atoms with Crippen LogP contribution in [0.1, 0.15) is 32.6 Å². The molecule has 21 heavy (non-hydrogen) atoms. The van der Waals surface area contributed by atoms with Crippen molar-refractivity contribution < 1.29 is 8.83 Å². The monoisotopic (exact) mass is 283 g/mol. The molecule has 0 aliphatic rings. The van der Waals surface area contributed by atoms with Gasteiger partial charge in [-0.25, -0.2) is 0 Å². The average molecular weight is 283 g/mol. The smallest absolute Gasteiger partial charge is 0.150 e. The van der Waals surface area contributed by atoms with Crippen molar-refractivity contribution in [1.82, 2.24) is 4.57 Å². The van der Waals surface area contributed by atoms with Crippen LogP contribution in [0.2, 0.25) is 0 Å². The molecule has 0 spiro atoms. The van der Waals surface area contributed by atoms with Crippen LogP contribution in [0.5, 0.6) is 0 Å². The molecule has 0 fully saturated rings. The van der Waals surface area contributed by atoms with Crippen molar-refractivity contribution in [3.8, 4) is 22.9 Å². The molecule has 3 heterocycles. The maximum atomic E-state index is 5.57. The van der Waals surface area contributed by atoms with Crippen molar-refractivity contribution in [3.05, 3.63) is 48.9 Å². The van der Waals surface area contributed by atoms with E-state index < -0.39 is 0 Å². The highest BCUT2D eigenvalue weighted by Crippen LogP contribution is 2.30. The highest BCUT2D eigenvalue weighted by Gasteiger charge is 2.14.